The molecule has 0 aromatic carbocycles. The van der Waals surface area contributed by atoms with Gasteiger partial charge < -0.3 is 15.4 Å². The molecule has 0 aliphatic heterocycles. The Morgan fingerprint density at radius 2 is 2.00 bits per heavy atom. The summed E-state index contributed by atoms with van der Waals surface area (Å²) < 4.78 is 4.92. The molecule has 0 atom stereocenters. The predicted molar refractivity (Wildman–Crippen MR) is 78.2 cm³/mol. The zero-order valence-corrected chi connectivity index (χ0v) is 12.5. The Bertz CT molecular complexity index is 238. The predicted octanol–water partition coefficient (Wildman–Crippen LogP) is 2.09. The molecule has 0 unspecified atom stereocenters. The van der Waals surface area contributed by atoms with E-state index in [0.717, 1.165) is 25.3 Å². The summed E-state index contributed by atoms with van der Waals surface area (Å²) in [7, 11) is 1.67. The number of methoxy groups -OCH3 is 1. The van der Waals surface area contributed by atoms with Crippen molar-refractivity contribution in [2.75, 3.05) is 26.8 Å². The van der Waals surface area contributed by atoms with Gasteiger partial charge in [0, 0.05) is 19.7 Å². The van der Waals surface area contributed by atoms with E-state index in [2.05, 4.69) is 17.6 Å². The van der Waals surface area contributed by atoms with Crippen LogP contribution in [-0.2, 0) is 9.53 Å². The molecule has 1 aliphatic carbocycles. The Morgan fingerprint density at radius 1 is 1.26 bits per heavy atom. The normalized spacial score (nSPS) is 23.3. The number of hydrogen-bond donors (Lipinski definition) is 2. The number of ether oxygens (including phenoxy) is 1. The molecule has 2 N–H and O–H groups in total. The largest absolute Gasteiger partial charge is 0.383 e. The first-order valence-electron chi connectivity index (χ1n) is 7.75. The Kier molecular flexibility index (Phi) is 8.84. The number of carbonyl (C=O) groups excluding carboxylic acids is 1. The fourth-order valence-corrected chi connectivity index (χ4v) is 2.74. The molecule has 0 aromatic heterocycles. The van der Waals surface area contributed by atoms with Crippen LogP contribution in [0.1, 0.15) is 51.9 Å². The van der Waals surface area contributed by atoms with E-state index in [1.54, 1.807) is 7.11 Å². The number of carbonyl (C=O) groups is 1. The Balaban J connectivity index is 2.06. The Hall–Kier alpha value is -0.610. The number of rotatable bonds is 9. The van der Waals surface area contributed by atoms with Crippen LogP contribution in [0.4, 0.5) is 0 Å². The van der Waals surface area contributed by atoms with Crippen molar-refractivity contribution in [2.45, 2.75) is 57.9 Å². The maximum atomic E-state index is 11.7. The second-order valence-corrected chi connectivity index (χ2v) is 5.60. The van der Waals surface area contributed by atoms with Gasteiger partial charge in [-0.15, -0.1) is 0 Å². The van der Waals surface area contributed by atoms with Gasteiger partial charge in [0.1, 0.15) is 0 Å². The maximum Gasteiger partial charge on any atom is 0.234 e. The fourth-order valence-electron chi connectivity index (χ4n) is 2.74. The summed E-state index contributed by atoms with van der Waals surface area (Å²) in [6, 6.07) is 0.398. The van der Waals surface area contributed by atoms with Gasteiger partial charge in [0.05, 0.1) is 13.2 Å². The van der Waals surface area contributed by atoms with Gasteiger partial charge in [-0.2, -0.15) is 0 Å². The van der Waals surface area contributed by atoms with Crippen LogP contribution in [0.3, 0.4) is 0 Å². The minimum atomic E-state index is 0.119. The molecule has 0 bridgehead atoms. The van der Waals surface area contributed by atoms with Crippen LogP contribution in [0.15, 0.2) is 0 Å². The van der Waals surface area contributed by atoms with Gasteiger partial charge in [-0.25, -0.2) is 0 Å². The fraction of sp³-hybridized carbons (Fsp3) is 0.933. The molecule has 0 heterocycles. The molecule has 1 rings (SSSR count). The van der Waals surface area contributed by atoms with Gasteiger partial charge in [0.2, 0.25) is 5.91 Å². The van der Waals surface area contributed by atoms with Gasteiger partial charge in [0.25, 0.3) is 0 Å². The first-order valence-corrected chi connectivity index (χ1v) is 7.75. The van der Waals surface area contributed by atoms with Crippen LogP contribution in [0.25, 0.3) is 0 Å². The van der Waals surface area contributed by atoms with Crippen molar-refractivity contribution in [1.29, 1.82) is 0 Å². The number of hydrogen-bond acceptors (Lipinski definition) is 3. The number of amides is 1. The highest BCUT2D eigenvalue weighted by molar-refractivity contribution is 5.78. The van der Waals surface area contributed by atoms with Gasteiger partial charge in [-0.1, -0.05) is 26.2 Å². The van der Waals surface area contributed by atoms with Crippen LogP contribution < -0.4 is 10.6 Å². The highest BCUT2D eigenvalue weighted by atomic mass is 16.5. The van der Waals surface area contributed by atoms with Crippen LogP contribution >= 0.6 is 0 Å². The third kappa shape index (κ3) is 7.53. The van der Waals surface area contributed by atoms with Crippen LogP contribution in [0, 0.1) is 5.92 Å². The summed E-state index contributed by atoms with van der Waals surface area (Å²) in [5, 5.41) is 6.21. The zero-order chi connectivity index (χ0) is 13.9. The second-order valence-electron chi connectivity index (χ2n) is 5.60. The molecule has 19 heavy (non-hydrogen) atoms. The zero-order valence-electron chi connectivity index (χ0n) is 12.5. The first-order chi connectivity index (χ1) is 9.26. The minimum Gasteiger partial charge on any atom is -0.383 e. The van der Waals surface area contributed by atoms with E-state index in [4.69, 9.17) is 4.74 Å². The summed E-state index contributed by atoms with van der Waals surface area (Å²) in [6.45, 7) is 4.03. The molecule has 112 valence electrons. The SMILES string of the molecule is CCCCC1CCC(NC(=O)CNCCOC)CC1. The van der Waals surface area contributed by atoms with Gasteiger partial charge in [-0.3, -0.25) is 4.79 Å². The topological polar surface area (TPSA) is 50.4 Å². The lowest BCUT2D eigenvalue weighted by atomic mass is 9.83. The molecule has 0 radical (unpaired) electrons. The highest BCUT2D eigenvalue weighted by Gasteiger charge is 2.21. The Labute approximate surface area is 117 Å². The average Bonchev–Trinajstić information content (AvgIpc) is 2.43. The molecule has 4 heteroatoms. The lowest BCUT2D eigenvalue weighted by Gasteiger charge is -2.29. The highest BCUT2D eigenvalue weighted by Crippen LogP contribution is 2.28. The number of unbranched alkanes of at least 4 members (excludes halogenated alkanes) is 1. The van der Waals surface area contributed by atoms with Crippen molar-refractivity contribution in [1.82, 2.24) is 10.6 Å². The quantitative estimate of drug-likeness (QED) is 0.631. The van der Waals surface area contributed by atoms with E-state index < -0.39 is 0 Å². The average molecular weight is 270 g/mol. The Morgan fingerprint density at radius 3 is 2.63 bits per heavy atom. The maximum absolute atomic E-state index is 11.7. The van der Waals surface area contributed by atoms with Gasteiger partial charge in [0.15, 0.2) is 0 Å². The molecular weight excluding hydrogens is 240 g/mol. The molecular formula is C15H30N2O2. The third-order valence-electron chi connectivity index (χ3n) is 3.95. The van der Waals surface area contributed by atoms with Crippen LogP contribution in [0.5, 0.6) is 0 Å². The standard InChI is InChI=1S/C15H30N2O2/c1-3-4-5-13-6-8-14(9-7-13)17-15(18)12-16-10-11-19-2/h13-14,16H,3-12H2,1-2H3,(H,17,18). The van der Waals surface area contributed by atoms with E-state index in [-0.39, 0.29) is 5.91 Å². The van der Waals surface area contributed by atoms with E-state index in [1.807, 2.05) is 0 Å². The van der Waals surface area contributed by atoms with E-state index >= 15 is 0 Å². The smallest absolute Gasteiger partial charge is 0.234 e. The lowest BCUT2D eigenvalue weighted by molar-refractivity contribution is -0.121. The van der Waals surface area contributed by atoms with E-state index in [1.165, 1.54) is 32.1 Å². The van der Waals surface area contributed by atoms with Crippen LogP contribution in [-0.4, -0.2) is 38.8 Å². The first kappa shape index (κ1) is 16.4. The van der Waals surface area contributed by atoms with Crippen molar-refractivity contribution in [3.8, 4) is 0 Å². The molecule has 1 amide bonds. The van der Waals surface area contributed by atoms with Crippen molar-refractivity contribution < 1.29 is 9.53 Å². The molecule has 4 nitrogen and oxygen atoms in total. The van der Waals surface area contributed by atoms with Gasteiger partial charge >= 0.3 is 0 Å². The number of nitrogens with one attached hydrogen (secondary N) is 2. The molecule has 1 aliphatic rings. The van der Waals surface area contributed by atoms with Crippen molar-refractivity contribution in [3.05, 3.63) is 0 Å². The minimum absolute atomic E-state index is 0.119. The third-order valence-corrected chi connectivity index (χ3v) is 3.95. The summed E-state index contributed by atoms with van der Waals surface area (Å²) in [6.07, 6.45) is 8.88. The lowest BCUT2D eigenvalue weighted by Crippen LogP contribution is -2.42. The molecule has 0 saturated heterocycles. The molecule has 1 saturated carbocycles. The molecule has 0 spiro atoms. The van der Waals surface area contributed by atoms with Crippen molar-refractivity contribution in [3.63, 3.8) is 0 Å². The molecule has 0 aromatic rings. The van der Waals surface area contributed by atoms with Crippen LogP contribution in [0.2, 0.25) is 0 Å². The summed E-state index contributed by atoms with van der Waals surface area (Å²) >= 11 is 0. The summed E-state index contributed by atoms with van der Waals surface area (Å²) in [5.74, 6) is 1.01. The van der Waals surface area contributed by atoms with E-state index in [0.29, 0.717) is 19.2 Å². The van der Waals surface area contributed by atoms with Crippen molar-refractivity contribution >= 4 is 5.91 Å². The second kappa shape index (κ2) is 10.2. The van der Waals surface area contributed by atoms with Crippen molar-refractivity contribution in [2.24, 2.45) is 5.92 Å². The summed E-state index contributed by atoms with van der Waals surface area (Å²) in [4.78, 5) is 11.7. The van der Waals surface area contributed by atoms with E-state index in [9.17, 15) is 4.79 Å². The molecule has 1 fully saturated rings. The summed E-state index contributed by atoms with van der Waals surface area (Å²) in [5.41, 5.74) is 0. The van der Waals surface area contributed by atoms with Gasteiger partial charge in [-0.05, 0) is 31.6 Å². The monoisotopic (exact) mass is 270 g/mol.